The van der Waals surface area contributed by atoms with Crippen molar-refractivity contribution in [1.29, 1.82) is 0 Å². The van der Waals surface area contributed by atoms with Gasteiger partial charge in [-0.1, -0.05) is 108 Å². The Morgan fingerprint density at radius 1 is 1.31 bits per heavy atom. The lowest BCUT2D eigenvalue weighted by molar-refractivity contribution is 0.0599. The molecule has 0 bridgehead atoms. The van der Waals surface area contributed by atoms with E-state index in [0.717, 1.165) is 31.1 Å². The number of hydrogen-bond acceptors (Lipinski definition) is 3. The van der Waals surface area contributed by atoms with E-state index in [2.05, 4.69) is 90.2 Å². The van der Waals surface area contributed by atoms with Crippen LogP contribution in [0.15, 0.2) is 35.5 Å². The molecule has 0 aromatic carbocycles. The summed E-state index contributed by atoms with van der Waals surface area (Å²) in [6.45, 7) is 11.7. The Morgan fingerprint density at radius 3 is 2.78 bits per heavy atom. The SMILES string of the molecule is C=C1CC[C@H](OC(=O)N[O][AlH][CH3])C/C1=C/C=C1\CCC[C@@]2(C)C1CC[C@@H]2[C@@H](CI)CCCC(C)(C)I. The van der Waals surface area contributed by atoms with Crippen LogP contribution in [0, 0.1) is 23.2 Å². The minimum Gasteiger partial charge on any atom is -0.444 e. The Kier molecular flexibility index (Phi) is 12.2. The Labute approximate surface area is 253 Å². The van der Waals surface area contributed by atoms with E-state index >= 15 is 0 Å². The van der Waals surface area contributed by atoms with Crippen LogP contribution in [-0.4, -0.2) is 35.6 Å². The van der Waals surface area contributed by atoms with Gasteiger partial charge in [-0.3, -0.25) is 0 Å². The van der Waals surface area contributed by atoms with Crippen LogP contribution in [0.2, 0.25) is 5.79 Å². The Morgan fingerprint density at radius 2 is 2.08 bits per heavy atom. The topological polar surface area (TPSA) is 47.6 Å². The number of nitrogens with one attached hydrogen (secondary N) is 1. The van der Waals surface area contributed by atoms with Crippen molar-refractivity contribution >= 4 is 66.8 Å². The number of amides is 1. The van der Waals surface area contributed by atoms with Crippen LogP contribution in [0.1, 0.15) is 91.4 Å². The lowest BCUT2D eigenvalue weighted by atomic mass is 9.60. The zero-order chi connectivity index (χ0) is 26.3. The van der Waals surface area contributed by atoms with Crippen LogP contribution >= 0.6 is 45.2 Å². The molecule has 1 unspecified atom stereocenters. The summed E-state index contributed by atoms with van der Waals surface area (Å²) in [7, 11) is 0. The van der Waals surface area contributed by atoms with E-state index in [9.17, 15) is 4.79 Å². The molecule has 3 aliphatic rings. The van der Waals surface area contributed by atoms with E-state index in [0.29, 0.717) is 14.8 Å². The maximum absolute atomic E-state index is 12.0. The van der Waals surface area contributed by atoms with Crippen LogP contribution < -0.4 is 5.48 Å². The van der Waals surface area contributed by atoms with Gasteiger partial charge in [0.2, 0.25) is 0 Å². The van der Waals surface area contributed by atoms with Gasteiger partial charge in [-0.15, -0.1) is 0 Å². The molecule has 0 aromatic rings. The molecule has 0 aliphatic heterocycles. The van der Waals surface area contributed by atoms with Crippen molar-refractivity contribution in [3.63, 3.8) is 0 Å². The molecular weight excluding hydrogens is 691 g/mol. The first-order valence-corrected chi connectivity index (χ1v) is 18.6. The lowest BCUT2D eigenvalue weighted by Crippen LogP contribution is -2.37. The number of carbonyl (C=O) groups is 1. The van der Waals surface area contributed by atoms with Crippen LogP contribution in [0.25, 0.3) is 0 Å². The van der Waals surface area contributed by atoms with E-state index in [1.54, 1.807) is 5.57 Å². The van der Waals surface area contributed by atoms with Crippen molar-refractivity contribution in [2.24, 2.45) is 23.2 Å². The second-order valence-corrected chi connectivity index (χ2v) is 16.6. The zero-order valence-corrected chi connectivity index (χ0v) is 28.6. The Balaban J connectivity index is 1.67. The molecule has 1 amide bonds. The van der Waals surface area contributed by atoms with Crippen molar-refractivity contribution in [1.82, 2.24) is 5.48 Å². The van der Waals surface area contributed by atoms with Crippen molar-refractivity contribution in [2.75, 3.05) is 4.43 Å². The van der Waals surface area contributed by atoms with Gasteiger partial charge in [0.1, 0.15) is 6.10 Å². The molecule has 0 radical (unpaired) electrons. The van der Waals surface area contributed by atoms with Gasteiger partial charge in [0.25, 0.3) is 0 Å². The lowest BCUT2D eigenvalue weighted by Gasteiger charge is -2.45. The van der Waals surface area contributed by atoms with Gasteiger partial charge in [0.15, 0.2) is 0 Å². The number of rotatable bonds is 10. The smallest absolute Gasteiger partial charge is 0.444 e. The molecule has 3 saturated carbocycles. The van der Waals surface area contributed by atoms with Gasteiger partial charge in [-0.2, -0.15) is 0 Å². The summed E-state index contributed by atoms with van der Waals surface area (Å²) in [6.07, 6.45) is 17.3. The van der Waals surface area contributed by atoms with E-state index in [-0.39, 0.29) is 6.10 Å². The molecular formula is C29H46AlI2NO3. The summed E-state index contributed by atoms with van der Waals surface area (Å²) >= 11 is 4.58. The predicted octanol–water partition coefficient (Wildman–Crippen LogP) is 8.66. The number of ether oxygens (including phenoxy) is 1. The van der Waals surface area contributed by atoms with Gasteiger partial charge < -0.3 is 8.63 Å². The summed E-state index contributed by atoms with van der Waals surface area (Å²) < 4.78 is 12.4. The molecule has 5 atom stereocenters. The summed E-state index contributed by atoms with van der Waals surface area (Å²) in [5.41, 5.74) is 6.92. The molecule has 36 heavy (non-hydrogen) atoms. The van der Waals surface area contributed by atoms with Crippen LogP contribution in [-0.2, 0) is 8.63 Å². The molecule has 3 fully saturated rings. The second-order valence-electron chi connectivity index (χ2n) is 12.0. The molecule has 1 N–H and O–H groups in total. The summed E-state index contributed by atoms with van der Waals surface area (Å²) in [5.74, 6) is 4.38. The van der Waals surface area contributed by atoms with Crippen molar-refractivity contribution in [2.45, 2.75) is 107 Å². The van der Waals surface area contributed by atoms with Crippen LogP contribution in [0.4, 0.5) is 4.79 Å². The average Bonchev–Trinajstić information content (AvgIpc) is 3.17. The third-order valence-electron chi connectivity index (χ3n) is 8.89. The van der Waals surface area contributed by atoms with Gasteiger partial charge in [-0.05, 0) is 86.5 Å². The third kappa shape index (κ3) is 8.47. The molecule has 3 aliphatic carbocycles. The average molecular weight is 737 g/mol. The highest BCUT2D eigenvalue weighted by molar-refractivity contribution is 14.1. The molecule has 0 heterocycles. The molecule has 4 nitrogen and oxygen atoms in total. The standard InChI is InChI=1S/C28H42I2NO3.CH3.Al.H/c1-19-9-12-23(34-26(32)31-33)17-21(19)11-10-20-7-6-16-28(4)24(20)13-14-25(28)22(18-29)8-5-15-27(2,3)30;;;/h10-11,22-25H,1,5-9,12-18H2,2-4H3,(H-,31,32,33);1H3;;/q-1;;+1;/b20-10+,21-11-;;;/t22-,23+,24?,25-,28+;;;/m1.../s1. The van der Waals surface area contributed by atoms with Gasteiger partial charge in [-0.25, -0.2) is 10.3 Å². The minimum atomic E-state index is -0.684. The normalized spacial score (nSPS) is 31.8. The number of hydroxylamine groups is 1. The largest absolute Gasteiger partial charge is 0.472 e. The van der Waals surface area contributed by atoms with E-state index < -0.39 is 21.6 Å². The number of carbonyl (C=O) groups excluding carboxylic acids is 1. The Bertz CT molecular complexity index is 837. The fraction of sp³-hybridized carbons (Fsp3) is 0.759. The van der Waals surface area contributed by atoms with Gasteiger partial charge in [0.05, 0.1) is 0 Å². The van der Waals surface area contributed by atoms with E-state index in [1.807, 2.05) is 5.79 Å². The van der Waals surface area contributed by atoms with E-state index in [1.165, 1.54) is 66.9 Å². The fourth-order valence-electron chi connectivity index (χ4n) is 7.01. The highest BCUT2D eigenvalue weighted by Crippen LogP contribution is 2.60. The maximum Gasteiger partial charge on any atom is 0.472 e. The summed E-state index contributed by atoms with van der Waals surface area (Å²) in [4.78, 5) is 12.0. The summed E-state index contributed by atoms with van der Waals surface area (Å²) in [6, 6.07) is 0. The quantitative estimate of drug-likeness (QED) is 0.106. The van der Waals surface area contributed by atoms with Gasteiger partial charge in [0, 0.05) is 14.3 Å². The number of fused-ring (bicyclic) bond motifs is 1. The zero-order valence-electron chi connectivity index (χ0n) is 22.8. The first-order chi connectivity index (χ1) is 17.1. The fourth-order valence-corrected chi connectivity index (χ4v) is 8.71. The molecule has 0 aromatic heterocycles. The first kappa shape index (κ1) is 31.0. The monoisotopic (exact) mass is 737 g/mol. The Hall–Kier alpha value is 0.442. The van der Waals surface area contributed by atoms with Crippen LogP contribution in [0.5, 0.6) is 0 Å². The number of allylic oxidation sites excluding steroid dienone is 4. The third-order valence-corrected chi connectivity index (χ3v) is 11.0. The summed E-state index contributed by atoms with van der Waals surface area (Å²) in [5, 5.41) is 0. The highest BCUT2D eigenvalue weighted by Gasteiger charge is 2.51. The number of alkyl halides is 2. The maximum atomic E-state index is 12.0. The minimum absolute atomic E-state index is 0.105. The molecule has 202 valence electrons. The number of halogens is 2. The molecule has 0 spiro atoms. The first-order valence-electron chi connectivity index (χ1n) is 14.0. The second kappa shape index (κ2) is 14.2. The predicted molar refractivity (Wildman–Crippen MR) is 169 cm³/mol. The van der Waals surface area contributed by atoms with E-state index in [4.69, 9.17) is 8.63 Å². The van der Waals surface area contributed by atoms with Gasteiger partial charge >= 0.3 is 21.6 Å². The molecule has 0 saturated heterocycles. The van der Waals surface area contributed by atoms with Crippen molar-refractivity contribution in [3.05, 3.63) is 35.5 Å². The molecule has 7 heteroatoms. The molecule has 3 rings (SSSR count). The van der Waals surface area contributed by atoms with Crippen LogP contribution in [0.3, 0.4) is 0 Å². The van der Waals surface area contributed by atoms with Crippen molar-refractivity contribution < 1.29 is 13.4 Å². The highest BCUT2D eigenvalue weighted by atomic mass is 127. The van der Waals surface area contributed by atoms with Crippen molar-refractivity contribution in [3.8, 4) is 0 Å². The number of hydrogen-bond donors (Lipinski definition) is 1.